The highest BCUT2D eigenvalue weighted by atomic mass is 32.2. The Balaban J connectivity index is 2.73. The molecular weight excluding hydrogens is 274 g/mol. The van der Waals surface area contributed by atoms with E-state index in [0.29, 0.717) is 11.8 Å². The summed E-state index contributed by atoms with van der Waals surface area (Å²) in [5, 5.41) is 19.5. The standard InChI is InChI=1S/C13H16F2O3S/c1-7-5-9(11(15)6-10(7)14)13(18)12(17)3-4-19-8(2)16/h5-6,12-13,17-18H,3-4H2,1-2H3. The predicted octanol–water partition coefficient (Wildman–Crippen LogP) is 2.34. The largest absolute Gasteiger partial charge is 0.390 e. The van der Waals surface area contributed by atoms with Gasteiger partial charge in [-0.2, -0.15) is 0 Å². The van der Waals surface area contributed by atoms with Crippen molar-refractivity contribution >= 4 is 16.9 Å². The highest BCUT2D eigenvalue weighted by Crippen LogP contribution is 2.25. The van der Waals surface area contributed by atoms with Gasteiger partial charge in [-0.1, -0.05) is 11.8 Å². The molecule has 0 amide bonds. The fourth-order valence-corrected chi connectivity index (χ4v) is 2.24. The first-order chi connectivity index (χ1) is 8.82. The molecule has 0 radical (unpaired) electrons. The summed E-state index contributed by atoms with van der Waals surface area (Å²) in [4.78, 5) is 10.7. The maximum atomic E-state index is 13.5. The fourth-order valence-electron chi connectivity index (χ4n) is 1.59. The zero-order valence-corrected chi connectivity index (χ0v) is 11.5. The van der Waals surface area contributed by atoms with E-state index in [0.717, 1.165) is 11.8 Å². The van der Waals surface area contributed by atoms with Gasteiger partial charge in [0.2, 0.25) is 0 Å². The molecule has 0 aliphatic heterocycles. The monoisotopic (exact) mass is 290 g/mol. The molecule has 0 heterocycles. The molecule has 3 nitrogen and oxygen atoms in total. The second kappa shape index (κ2) is 6.98. The van der Waals surface area contributed by atoms with Gasteiger partial charge in [0.1, 0.15) is 17.7 Å². The zero-order valence-electron chi connectivity index (χ0n) is 10.7. The average Bonchev–Trinajstić information content (AvgIpc) is 2.32. The summed E-state index contributed by atoms with van der Waals surface area (Å²) in [6.07, 6.45) is -2.50. The van der Waals surface area contributed by atoms with E-state index in [1.807, 2.05) is 0 Å². The van der Waals surface area contributed by atoms with Gasteiger partial charge in [-0.25, -0.2) is 8.78 Å². The quantitative estimate of drug-likeness (QED) is 0.874. The summed E-state index contributed by atoms with van der Waals surface area (Å²) in [7, 11) is 0. The molecule has 0 aliphatic rings. The summed E-state index contributed by atoms with van der Waals surface area (Å²) in [6, 6.07) is 1.86. The van der Waals surface area contributed by atoms with Crippen LogP contribution < -0.4 is 0 Å². The minimum absolute atomic E-state index is 0.0921. The maximum Gasteiger partial charge on any atom is 0.185 e. The van der Waals surface area contributed by atoms with Crippen molar-refractivity contribution in [1.82, 2.24) is 0 Å². The van der Waals surface area contributed by atoms with Crippen LogP contribution in [0.15, 0.2) is 12.1 Å². The van der Waals surface area contributed by atoms with Gasteiger partial charge >= 0.3 is 0 Å². The van der Waals surface area contributed by atoms with Crippen molar-refractivity contribution < 1.29 is 23.8 Å². The molecule has 106 valence electrons. The van der Waals surface area contributed by atoms with Crippen LogP contribution in [0, 0.1) is 18.6 Å². The molecule has 0 spiro atoms. The molecular formula is C13H16F2O3S. The Morgan fingerprint density at radius 3 is 2.53 bits per heavy atom. The molecule has 1 aromatic rings. The highest BCUT2D eigenvalue weighted by Gasteiger charge is 2.22. The molecule has 1 aromatic carbocycles. The number of hydrogen-bond donors (Lipinski definition) is 2. The Kier molecular flexibility index (Phi) is 5.90. The summed E-state index contributed by atoms with van der Waals surface area (Å²) >= 11 is 1.02. The van der Waals surface area contributed by atoms with Crippen LogP contribution >= 0.6 is 11.8 Å². The minimum atomic E-state index is -1.44. The third-order valence-electron chi connectivity index (χ3n) is 2.68. The van der Waals surface area contributed by atoms with Crippen LogP contribution in [0.3, 0.4) is 0 Å². The first-order valence-electron chi connectivity index (χ1n) is 5.78. The maximum absolute atomic E-state index is 13.5. The molecule has 0 saturated carbocycles. The van der Waals surface area contributed by atoms with Crippen LogP contribution in [0.5, 0.6) is 0 Å². The van der Waals surface area contributed by atoms with Crippen molar-refractivity contribution in [2.45, 2.75) is 32.5 Å². The van der Waals surface area contributed by atoms with E-state index in [4.69, 9.17) is 0 Å². The first kappa shape index (κ1) is 16.1. The zero-order chi connectivity index (χ0) is 14.6. The average molecular weight is 290 g/mol. The second-order valence-corrected chi connectivity index (χ2v) is 5.54. The van der Waals surface area contributed by atoms with E-state index >= 15 is 0 Å². The van der Waals surface area contributed by atoms with Gasteiger partial charge in [-0.3, -0.25) is 4.79 Å². The SMILES string of the molecule is CC(=O)SCCC(O)C(O)c1cc(C)c(F)cc1F. The van der Waals surface area contributed by atoms with Crippen LogP contribution in [0.4, 0.5) is 8.78 Å². The van der Waals surface area contributed by atoms with Gasteiger partial charge in [0.25, 0.3) is 0 Å². The van der Waals surface area contributed by atoms with Crippen LogP contribution in [0.25, 0.3) is 0 Å². The van der Waals surface area contributed by atoms with Gasteiger partial charge in [-0.05, 0) is 25.0 Å². The molecule has 0 saturated heterocycles. The van der Waals surface area contributed by atoms with Crippen LogP contribution in [0.2, 0.25) is 0 Å². The number of benzene rings is 1. The molecule has 0 aromatic heterocycles. The van der Waals surface area contributed by atoms with Crippen molar-refractivity contribution in [3.63, 3.8) is 0 Å². The van der Waals surface area contributed by atoms with Gasteiger partial charge in [0.15, 0.2) is 5.12 Å². The van der Waals surface area contributed by atoms with Crippen LogP contribution in [-0.4, -0.2) is 27.2 Å². The van der Waals surface area contributed by atoms with E-state index < -0.39 is 23.8 Å². The lowest BCUT2D eigenvalue weighted by Gasteiger charge is -2.19. The summed E-state index contributed by atoms with van der Waals surface area (Å²) in [5.74, 6) is -1.26. The molecule has 2 unspecified atom stereocenters. The van der Waals surface area contributed by atoms with Crippen LogP contribution in [0.1, 0.15) is 30.6 Å². The highest BCUT2D eigenvalue weighted by molar-refractivity contribution is 8.13. The lowest BCUT2D eigenvalue weighted by atomic mass is 10.00. The number of aliphatic hydroxyl groups excluding tert-OH is 2. The molecule has 0 fully saturated rings. The Labute approximate surface area is 114 Å². The number of carbonyl (C=O) groups is 1. The smallest absolute Gasteiger partial charge is 0.185 e. The van der Waals surface area contributed by atoms with Crippen molar-refractivity contribution in [2.24, 2.45) is 0 Å². The summed E-state index contributed by atoms with van der Waals surface area (Å²) in [6.45, 7) is 2.85. The number of halogens is 2. The molecule has 2 N–H and O–H groups in total. The van der Waals surface area contributed by atoms with E-state index in [1.165, 1.54) is 19.9 Å². The fraction of sp³-hybridized carbons (Fsp3) is 0.462. The second-order valence-electron chi connectivity index (χ2n) is 4.26. The Hall–Kier alpha value is -0.980. The molecule has 2 atom stereocenters. The third-order valence-corrected chi connectivity index (χ3v) is 3.53. The van der Waals surface area contributed by atoms with E-state index in [9.17, 15) is 23.8 Å². The topological polar surface area (TPSA) is 57.5 Å². The predicted molar refractivity (Wildman–Crippen MR) is 69.8 cm³/mol. The lowest BCUT2D eigenvalue weighted by molar-refractivity contribution is -0.109. The minimum Gasteiger partial charge on any atom is -0.390 e. The van der Waals surface area contributed by atoms with E-state index in [-0.39, 0.29) is 22.7 Å². The van der Waals surface area contributed by atoms with E-state index in [1.54, 1.807) is 0 Å². The Morgan fingerprint density at radius 1 is 1.32 bits per heavy atom. The summed E-state index contributed by atoms with van der Waals surface area (Å²) in [5.41, 5.74) is 0.0555. The molecule has 19 heavy (non-hydrogen) atoms. The molecule has 0 aliphatic carbocycles. The number of aryl methyl sites for hydroxylation is 1. The third kappa shape index (κ3) is 4.56. The van der Waals surface area contributed by atoms with Gasteiger partial charge in [0.05, 0.1) is 6.10 Å². The molecule has 6 heteroatoms. The first-order valence-corrected chi connectivity index (χ1v) is 6.76. The number of carbonyl (C=O) groups excluding carboxylic acids is 1. The van der Waals surface area contributed by atoms with Gasteiger partial charge < -0.3 is 10.2 Å². The van der Waals surface area contributed by atoms with Gasteiger partial charge in [-0.15, -0.1) is 0 Å². The number of rotatable bonds is 5. The van der Waals surface area contributed by atoms with Crippen LogP contribution in [-0.2, 0) is 4.79 Å². The van der Waals surface area contributed by atoms with Gasteiger partial charge in [0, 0.05) is 24.3 Å². The van der Waals surface area contributed by atoms with Crippen molar-refractivity contribution in [2.75, 3.05) is 5.75 Å². The number of aliphatic hydroxyl groups is 2. The lowest BCUT2D eigenvalue weighted by Crippen LogP contribution is -2.20. The molecule has 0 bridgehead atoms. The summed E-state index contributed by atoms with van der Waals surface area (Å²) < 4.78 is 26.6. The number of hydrogen-bond acceptors (Lipinski definition) is 4. The van der Waals surface area contributed by atoms with E-state index in [2.05, 4.69) is 0 Å². The Morgan fingerprint density at radius 2 is 1.95 bits per heavy atom. The van der Waals surface area contributed by atoms with Crippen molar-refractivity contribution in [3.8, 4) is 0 Å². The van der Waals surface area contributed by atoms with Crippen molar-refractivity contribution in [3.05, 3.63) is 34.9 Å². The van der Waals surface area contributed by atoms with Crippen molar-refractivity contribution in [1.29, 1.82) is 0 Å². The number of thioether (sulfide) groups is 1. The normalized spacial score (nSPS) is 14.2. The Bertz CT molecular complexity index is 465. The molecule has 1 rings (SSSR count).